The number of esters is 1. The van der Waals surface area contributed by atoms with Crippen LogP contribution in [-0.4, -0.2) is 30.8 Å². The number of nitrogens with one attached hydrogen (secondary N) is 1. The van der Waals surface area contributed by atoms with Crippen molar-refractivity contribution in [2.75, 3.05) is 13.2 Å². The van der Waals surface area contributed by atoms with E-state index in [0.29, 0.717) is 18.0 Å². The van der Waals surface area contributed by atoms with Crippen LogP contribution in [0, 0.1) is 0 Å². The van der Waals surface area contributed by atoms with E-state index in [-0.39, 0.29) is 12.6 Å². The van der Waals surface area contributed by atoms with Crippen molar-refractivity contribution >= 4 is 23.7 Å². The number of hydrogen-bond acceptors (Lipinski definition) is 4. The van der Waals surface area contributed by atoms with Crippen LogP contribution in [0.5, 0.6) is 0 Å². The molecule has 0 fully saturated rings. The van der Waals surface area contributed by atoms with E-state index in [9.17, 15) is 9.59 Å². The summed E-state index contributed by atoms with van der Waals surface area (Å²) < 4.78 is 10.4. The van der Waals surface area contributed by atoms with Crippen LogP contribution in [0.2, 0.25) is 5.02 Å². The number of carbonyl (C=O) groups is 2. The predicted octanol–water partition coefficient (Wildman–Crippen LogP) is 4.08. The summed E-state index contributed by atoms with van der Waals surface area (Å²) >= 11 is 5.97. The molecule has 1 amide bonds. The van der Waals surface area contributed by atoms with Gasteiger partial charge in [0, 0.05) is 11.6 Å². The fraction of sp³-hybridized carbons (Fsp3) is 0.556. The van der Waals surface area contributed by atoms with E-state index in [2.05, 4.69) is 5.32 Å². The molecular weight excluding hydrogens is 330 g/mol. The summed E-state index contributed by atoms with van der Waals surface area (Å²) in [5.74, 6) is -0.331. The zero-order valence-corrected chi connectivity index (χ0v) is 15.7. The van der Waals surface area contributed by atoms with Crippen LogP contribution in [0.3, 0.4) is 0 Å². The van der Waals surface area contributed by atoms with Gasteiger partial charge in [0.05, 0.1) is 12.0 Å². The van der Waals surface area contributed by atoms with Gasteiger partial charge in [0.2, 0.25) is 0 Å². The molecule has 1 rings (SSSR count). The summed E-state index contributed by atoms with van der Waals surface area (Å²) in [6.07, 6.45) is 0.0319. The van der Waals surface area contributed by atoms with E-state index in [4.69, 9.17) is 21.1 Å². The van der Waals surface area contributed by atoms with Crippen molar-refractivity contribution in [2.45, 2.75) is 52.1 Å². The molecule has 0 aliphatic rings. The van der Waals surface area contributed by atoms with E-state index in [1.54, 1.807) is 52.8 Å². The van der Waals surface area contributed by atoms with Crippen molar-refractivity contribution in [3.8, 4) is 0 Å². The number of ether oxygens (including phenoxy) is 2. The Balaban J connectivity index is 2.37. The van der Waals surface area contributed by atoms with Crippen molar-refractivity contribution < 1.29 is 19.1 Å². The molecule has 0 aromatic heterocycles. The molecule has 0 unspecified atom stereocenters. The van der Waals surface area contributed by atoms with Gasteiger partial charge in [-0.25, -0.2) is 4.79 Å². The Bertz CT molecular complexity index is 579. The molecule has 1 aromatic carbocycles. The number of alkyl carbamates (subject to hydrolysis) is 1. The Hall–Kier alpha value is -1.75. The average Bonchev–Trinajstić information content (AvgIpc) is 2.44. The zero-order chi connectivity index (χ0) is 18.4. The summed E-state index contributed by atoms with van der Waals surface area (Å²) in [4.78, 5) is 23.8. The number of halogens is 1. The van der Waals surface area contributed by atoms with Crippen LogP contribution in [0.4, 0.5) is 4.79 Å². The Morgan fingerprint density at radius 3 is 2.42 bits per heavy atom. The number of hydrogen-bond donors (Lipinski definition) is 1. The van der Waals surface area contributed by atoms with Gasteiger partial charge in [0.25, 0.3) is 0 Å². The van der Waals surface area contributed by atoms with Gasteiger partial charge >= 0.3 is 12.1 Å². The van der Waals surface area contributed by atoms with E-state index >= 15 is 0 Å². The molecule has 6 heteroatoms. The van der Waals surface area contributed by atoms with Gasteiger partial charge in [-0.3, -0.25) is 4.79 Å². The van der Waals surface area contributed by atoms with Crippen molar-refractivity contribution in [3.05, 3.63) is 34.9 Å². The third kappa shape index (κ3) is 6.79. The van der Waals surface area contributed by atoms with Crippen molar-refractivity contribution in [1.29, 1.82) is 0 Å². The zero-order valence-electron chi connectivity index (χ0n) is 14.9. The second-order valence-electron chi connectivity index (χ2n) is 7.05. The molecule has 134 valence electrons. The maximum Gasteiger partial charge on any atom is 0.407 e. The molecular formula is C18H26ClNO4. The SMILES string of the molecule is CC(C)(C)OC(=O)NCCCOC(=O)C(C)(C)c1cccc(Cl)c1. The minimum absolute atomic E-state index is 0.221. The Morgan fingerprint density at radius 2 is 1.83 bits per heavy atom. The van der Waals surface area contributed by atoms with Crippen LogP contribution in [0.25, 0.3) is 0 Å². The summed E-state index contributed by atoms with van der Waals surface area (Å²) in [6, 6.07) is 7.16. The maximum absolute atomic E-state index is 12.3. The van der Waals surface area contributed by atoms with E-state index in [1.165, 1.54) is 0 Å². The monoisotopic (exact) mass is 355 g/mol. The molecule has 0 aliphatic heterocycles. The lowest BCUT2D eigenvalue weighted by molar-refractivity contribution is -0.149. The largest absolute Gasteiger partial charge is 0.465 e. The molecule has 0 saturated heterocycles. The van der Waals surface area contributed by atoms with Gasteiger partial charge in [-0.1, -0.05) is 23.7 Å². The van der Waals surface area contributed by atoms with Gasteiger partial charge in [-0.05, 0) is 58.7 Å². The smallest absolute Gasteiger partial charge is 0.407 e. The molecule has 0 spiro atoms. The van der Waals surface area contributed by atoms with E-state index < -0.39 is 17.1 Å². The summed E-state index contributed by atoms with van der Waals surface area (Å²) in [6.45, 7) is 9.57. The highest BCUT2D eigenvalue weighted by atomic mass is 35.5. The average molecular weight is 356 g/mol. The molecule has 0 atom stereocenters. The highest BCUT2D eigenvalue weighted by Gasteiger charge is 2.31. The molecule has 0 radical (unpaired) electrons. The van der Waals surface area contributed by atoms with E-state index in [0.717, 1.165) is 5.56 Å². The lowest BCUT2D eigenvalue weighted by Crippen LogP contribution is -2.34. The number of benzene rings is 1. The molecule has 24 heavy (non-hydrogen) atoms. The van der Waals surface area contributed by atoms with Gasteiger partial charge < -0.3 is 14.8 Å². The van der Waals surface area contributed by atoms with Gasteiger partial charge in [-0.15, -0.1) is 0 Å². The minimum atomic E-state index is -0.788. The minimum Gasteiger partial charge on any atom is -0.465 e. The summed E-state index contributed by atoms with van der Waals surface area (Å²) in [7, 11) is 0. The van der Waals surface area contributed by atoms with Crippen LogP contribution in [0.1, 0.15) is 46.6 Å². The van der Waals surface area contributed by atoms with Gasteiger partial charge in [0.15, 0.2) is 0 Å². The molecule has 0 heterocycles. The normalized spacial score (nSPS) is 11.8. The van der Waals surface area contributed by atoms with Crippen molar-refractivity contribution in [3.63, 3.8) is 0 Å². The third-order valence-electron chi connectivity index (χ3n) is 3.28. The third-order valence-corrected chi connectivity index (χ3v) is 3.51. The molecule has 1 aromatic rings. The van der Waals surface area contributed by atoms with Crippen LogP contribution >= 0.6 is 11.6 Å². The number of carbonyl (C=O) groups excluding carboxylic acids is 2. The van der Waals surface area contributed by atoms with Crippen LogP contribution in [0.15, 0.2) is 24.3 Å². The van der Waals surface area contributed by atoms with Crippen molar-refractivity contribution in [1.82, 2.24) is 5.32 Å². The topological polar surface area (TPSA) is 64.6 Å². The van der Waals surface area contributed by atoms with Crippen molar-refractivity contribution in [2.24, 2.45) is 0 Å². The molecule has 5 nitrogen and oxygen atoms in total. The Kier molecular flexibility index (Phi) is 7.08. The second kappa shape index (κ2) is 8.38. The predicted molar refractivity (Wildman–Crippen MR) is 94.3 cm³/mol. The van der Waals surface area contributed by atoms with Gasteiger partial charge in [0.1, 0.15) is 5.60 Å². The number of amides is 1. The first-order chi connectivity index (χ1) is 11.0. The molecule has 1 N–H and O–H groups in total. The standard InChI is InChI=1S/C18H26ClNO4/c1-17(2,3)24-16(22)20-10-7-11-23-15(21)18(4,5)13-8-6-9-14(19)12-13/h6,8-9,12H,7,10-11H2,1-5H3,(H,20,22). The lowest BCUT2D eigenvalue weighted by atomic mass is 9.85. The van der Waals surface area contributed by atoms with Crippen LogP contribution < -0.4 is 5.32 Å². The Labute approximate surface area is 148 Å². The Morgan fingerprint density at radius 1 is 1.17 bits per heavy atom. The number of rotatable bonds is 6. The van der Waals surface area contributed by atoms with Crippen LogP contribution in [-0.2, 0) is 19.7 Å². The first-order valence-corrected chi connectivity index (χ1v) is 8.30. The fourth-order valence-electron chi connectivity index (χ4n) is 1.92. The fourth-order valence-corrected chi connectivity index (χ4v) is 2.11. The maximum atomic E-state index is 12.3. The first-order valence-electron chi connectivity index (χ1n) is 7.92. The molecule has 0 bridgehead atoms. The molecule has 0 aliphatic carbocycles. The quantitative estimate of drug-likeness (QED) is 0.617. The van der Waals surface area contributed by atoms with E-state index in [1.807, 2.05) is 6.07 Å². The lowest BCUT2D eigenvalue weighted by Gasteiger charge is -2.23. The molecule has 0 saturated carbocycles. The first kappa shape index (κ1) is 20.3. The van der Waals surface area contributed by atoms with Gasteiger partial charge in [-0.2, -0.15) is 0 Å². The highest BCUT2D eigenvalue weighted by Crippen LogP contribution is 2.27. The summed E-state index contributed by atoms with van der Waals surface area (Å²) in [5.41, 5.74) is -0.520. The highest BCUT2D eigenvalue weighted by molar-refractivity contribution is 6.30. The second-order valence-corrected chi connectivity index (χ2v) is 7.49. The summed E-state index contributed by atoms with van der Waals surface area (Å²) in [5, 5.41) is 3.20.